The number of carbonyl (C=O) groups is 2. The van der Waals surface area contributed by atoms with Crippen molar-refractivity contribution < 1.29 is 18.0 Å². The van der Waals surface area contributed by atoms with Crippen molar-refractivity contribution in [2.45, 2.75) is 29.7 Å². The first-order valence-corrected chi connectivity index (χ1v) is 12.8. The fourth-order valence-corrected chi connectivity index (χ4v) is 6.55. The molecule has 1 aliphatic carbocycles. The zero-order valence-electron chi connectivity index (χ0n) is 18.0. The van der Waals surface area contributed by atoms with E-state index in [0.717, 1.165) is 24.0 Å². The van der Waals surface area contributed by atoms with Gasteiger partial charge in [0.05, 0.1) is 11.6 Å². The van der Waals surface area contributed by atoms with Crippen molar-refractivity contribution in [2.75, 3.05) is 32.8 Å². The highest BCUT2D eigenvalue weighted by Crippen LogP contribution is 2.40. The zero-order valence-corrected chi connectivity index (χ0v) is 19.6. The topological polar surface area (TPSA) is 90.0 Å². The van der Waals surface area contributed by atoms with Crippen LogP contribution in [0.3, 0.4) is 0 Å². The summed E-state index contributed by atoms with van der Waals surface area (Å²) in [7, 11) is -3.62. The van der Waals surface area contributed by atoms with E-state index < -0.39 is 21.6 Å². The molecular formula is C23H25ClN4O4S. The molecule has 2 aromatic carbocycles. The molecule has 174 valence electrons. The van der Waals surface area contributed by atoms with Gasteiger partial charge in [-0.25, -0.2) is 18.1 Å². The summed E-state index contributed by atoms with van der Waals surface area (Å²) in [5.74, 6) is -0.226. The van der Waals surface area contributed by atoms with E-state index in [9.17, 15) is 18.0 Å². The van der Waals surface area contributed by atoms with Crippen molar-refractivity contribution in [1.29, 1.82) is 0 Å². The van der Waals surface area contributed by atoms with E-state index >= 15 is 0 Å². The van der Waals surface area contributed by atoms with Gasteiger partial charge in [0.2, 0.25) is 10.0 Å². The Hall–Kier alpha value is -2.46. The summed E-state index contributed by atoms with van der Waals surface area (Å²) >= 11 is 5.87. The van der Waals surface area contributed by atoms with Gasteiger partial charge in [-0.15, -0.1) is 0 Å². The fraction of sp³-hybridized carbons (Fsp3) is 0.391. The number of nitrogens with one attached hydrogen (secondary N) is 1. The van der Waals surface area contributed by atoms with Crippen LogP contribution >= 0.6 is 11.6 Å². The maximum absolute atomic E-state index is 13.5. The van der Waals surface area contributed by atoms with E-state index in [4.69, 9.17) is 11.6 Å². The Morgan fingerprint density at radius 3 is 2.39 bits per heavy atom. The Bertz CT molecular complexity index is 1200. The number of carbonyl (C=O) groups excluding carboxylic acids is 2. The lowest BCUT2D eigenvalue weighted by atomic mass is 9.76. The lowest BCUT2D eigenvalue weighted by Crippen LogP contribution is -2.53. The number of piperazine rings is 1. The SMILES string of the molecule is O=C1N[C@]2(CCCc3ccccc32)C(=O)N1CN1CCN(S(=O)(=O)c2ccc(Cl)cc2)CC1. The average molecular weight is 489 g/mol. The molecule has 2 heterocycles. The molecule has 3 amide bonds. The van der Waals surface area contributed by atoms with Gasteiger partial charge in [-0.3, -0.25) is 9.69 Å². The van der Waals surface area contributed by atoms with Gasteiger partial charge in [0.25, 0.3) is 5.91 Å². The lowest BCUT2D eigenvalue weighted by Gasteiger charge is -2.36. The number of nitrogens with zero attached hydrogens (tertiary/aromatic N) is 3. The highest BCUT2D eigenvalue weighted by Gasteiger charge is 2.54. The number of sulfonamides is 1. The third-order valence-corrected chi connectivity index (χ3v) is 8.94. The Morgan fingerprint density at radius 1 is 0.970 bits per heavy atom. The molecular weight excluding hydrogens is 464 g/mol. The third kappa shape index (κ3) is 3.82. The van der Waals surface area contributed by atoms with Crippen LogP contribution < -0.4 is 5.32 Å². The van der Waals surface area contributed by atoms with Crippen molar-refractivity contribution in [3.63, 3.8) is 0 Å². The van der Waals surface area contributed by atoms with Gasteiger partial charge < -0.3 is 5.32 Å². The number of aryl methyl sites for hydroxylation is 1. The van der Waals surface area contributed by atoms with E-state index in [-0.39, 0.29) is 30.6 Å². The lowest BCUT2D eigenvalue weighted by molar-refractivity contribution is -0.133. The van der Waals surface area contributed by atoms with Gasteiger partial charge >= 0.3 is 6.03 Å². The standard InChI is InChI=1S/C23H25ClN4O4S/c24-18-7-9-19(10-8-18)33(31,32)27-14-12-26(13-15-27)16-28-21(29)23(25-22(28)30)11-3-5-17-4-1-2-6-20(17)23/h1-2,4,6-10H,3,5,11-16H2,(H,25,30)/t23-/m0/s1. The van der Waals surface area contributed by atoms with Gasteiger partial charge in [0.1, 0.15) is 5.54 Å². The number of benzene rings is 2. The molecule has 5 rings (SSSR count). The number of fused-ring (bicyclic) bond motifs is 2. The minimum Gasteiger partial charge on any atom is -0.319 e. The van der Waals surface area contributed by atoms with Crippen LogP contribution in [0.1, 0.15) is 24.0 Å². The van der Waals surface area contributed by atoms with Crippen LogP contribution in [0.4, 0.5) is 4.79 Å². The predicted octanol–water partition coefficient (Wildman–Crippen LogP) is 2.39. The Morgan fingerprint density at radius 2 is 1.67 bits per heavy atom. The molecule has 1 N–H and O–H groups in total. The van der Waals surface area contributed by atoms with Gasteiger partial charge in [0, 0.05) is 31.2 Å². The number of halogens is 1. The molecule has 0 saturated carbocycles. The normalized spacial score (nSPS) is 24.2. The molecule has 2 aliphatic heterocycles. The van der Waals surface area contributed by atoms with E-state index in [1.54, 1.807) is 12.1 Å². The molecule has 1 spiro atoms. The minimum absolute atomic E-state index is 0.142. The second-order valence-electron chi connectivity index (χ2n) is 8.70. The van der Waals surface area contributed by atoms with Crippen molar-refractivity contribution in [3.05, 3.63) is 64.7 Å². The van der Waals surface area contributed by atoms with Crippen LogP contribution in [0.5, 0.6) is 0 Å². The first-order valence-electron chi connectivity index (χ1n) is 11.0. The average Bonchev–Trinajstić information content (AvgIpc) is 3.05. The molecule has 10 heteroatoms. The summed E-state index contributed by atoms with van der Waals surface area (Å²) in [6.45, 7) is 1.55. The summed E-state index contributed by atoms with van der Waals surface area (Å²) in [6.07, 6.45) is 2.31. The zero-order chi connectivity index (χ0) is 23.2. The molecule has 0 radical (unpaired) electrons. The van der Waals surface area contributed by atoms with Gasteiger partial charge in [-0.1, -0.05) is 35.9 Å². The van der Waals surface area contributed by atoms with Crippen LogP contribution in [-0.2, 0) is 26.8 Å². The summed E-state index contributed by atoms with van der Waals surface area (Å²) in [5, 5.41) is 3.45. The fourth-order valence-electron chi connectivity index (χ4n) is 5.01. The van der Waals surface area contributed by atoms with Crippen LogP contribution in [0.15, 0.2) is 53.4 Å². The van der Waals surface area contributed by atoms with E-state index in [0.29, 0.717) is 24.5 Å². The number of amides is 3. The molecule has 8 nitrogen and oxygen atoms in total. The van der Waals surface area contributed by atoms with E-state index in [2.05, 4.69) is 5.32 Å². The summed E-state index contributed by atoms with van der Waals surface area (Å²) in [5.41, 5.74) is 0.988. The second kappa shape index (κ2) is 8.39. The third-order valence-electron chi connectivity index (χ3n) is 6.77. The van der Waals surface area contributed by atoms with Gasteiger partial charge in [0.15, 0.2) is 0 Å². The molecule has 2 saturated heterocycles. The number of hydrogen-bond acceptors (Lipinski definition) is 5. The van der Waals surface area contributed by atoms with Crippen molar-refractivity contribution in [2.24, 2.45) is 0 Å². The van der Waals surface area contributed by atoms with E-state index in [1.165, 1.54) is 21.3 Å². The van der Waals surface area contributed by atoms with Crippen LogP contribution in [0.2, 0.25) is 5.02 Å². The number of hydrogen-bond donors (Lipinski definition) is 1. The second-order valence-corrected chi connectivity index (χ2v) is 11.1. The molecule has 2 aromatic rings. The predicted molar refractivity (Wildman–Crippen MR) is 123 cm³/mol. The van der Waals surface area contributed by atoms with Crippen molar-refractivity contribution in [3.8, 4) is 0 Å². The number of imide groups is 1. The monoisotopic (exact) mass is 488 g/mol. The molecule has 1 atom stereocenters. The molecule has 0 aromatic heterocycles. The minimum atomic E-state index is -3.62. The molecule has 3 aliphatic rings. The Balaban J connectivity index is 1.27. The Kier molecular flexibility index (Phi) is 5.68. The highest BCUT2D eigenvalue weighted by atomic mass is 35.5. The first-order chi connectivity index (χ1) is 15.8. The maximum atomic E-state index is 13.5. The van der Waals surface area contributed by atoms with Crippen molar-refractivity contribution >= 4 is 33.6 Å². The molecule has 0 unspecified atom stereocenters. The maximum Gasteiger partial charge on any atom is 0.326 e. The summed E-state index contributed by atoms with van der Waals surface area (Å²) in [4.78, 5) is 29.7. The summed E-state index contributed by atoms with van der Waals surface area (Å²) < 4.78 is 27.2. The molecule has 33 heavy (non-hydrogen) atoms. The van der Waals surface area contributed by atoms with Crippen molar-refractivity contribution in [1.82, 2.24) is 19.4 Å². The van der Waals surface area contributed by atoms with Gasteiger partial charge in [-0.05, 0) is 54.7 Å². The number of rotatable bonds is 4. The largest absolute Gasteiger partial charge is 0.326 e. The highest BCUT2D eigenvalue weighted by molar-refractivity contribution is 7.89. The summed E-state index contributed by atoms with van der Waals surface area (Å²) in [6, 6.07) is 13.5. The van der Waals surface area contributed by atoms with Crippen LogP contribution in [-0.4, -0.2) is 67.3 Å². The van der Waals surface area contributed by atoms with E-state index in [1.807, 2.05) is 29.2 Å². The molecule has 0 bridgehead atoms. The molecule has 2 fully saturated rings. The van der Waals surface area contributed by atoms with Crippen LogP contribution in [0, 0.1) is 0 Å². The first kappa shape index (κ1) is 22.3. The number of urea groups is 1. The smallest absolute Gasteiger partial charge is 0.319 e. The van der Waals surface area contributed by atoms with Gasteiger partial charge in [-0.2, -0.15) is 4.31 Å². The quantitative estimate of drug-likeness (QED) is 0.667. The Labute approximate surface area is 198 Å². The van der Waals surface area contributed by atoms with Crippen LogP contribution in [0.25, 0.3) is 0 Å².